The molecule has 0 aliphatic rings. The highest BCUT2D eigenvalue weighted by atomic mass is 32.2. The van der Waals surface area contributed by atoms with Gasteiger partial charge in [0, 0.05) is 6.61 Å². The molecule has 6 nitrogen and oxygen atoms in total. The van der Waals surface area contributed by atoms with E-state index in [0.29, 0.717) is 31.3 Å². The fourth-order valence-electron chi connectivity index (χ4n) is 1.67. The van der Waals surface area contributed by atoms with Gasteiger partial charge in [-0.05, 0) is 26.0 Å². The Balaban J connectivity index is 2.25. The van der Waals surface area contributed by atoms with Gasteiger partial charge in [0.15, 0.2) is 0 Å². The minimum absolute atomic E-state index is 0.132. The molecule has 0 spiro atoms. The minimum atomic E-state index is -0.350. The second kappa shape index (κ2) is 11.8. The van der Waals surface area contributed by atoms with Crippen LogP contribution in [0.1, 0.15) is 13.8 Å². The number of esters is 1. The van der Waals surface area contributed by atoms with Crippen LogP contribution in [-0.4, -0.2) is 49.8 Å². The second-order valence-electron chi connectivity index (χ2n) is 4.39. The van der Waals surface area contributed by atoms with Gasteiger partial charge in [-0.2, -0.15) is 0 Å². The molecule has 23 heavy (non-hydrogen) atoms. The number of para-hydroxylation sites is 2. The van der Waals surface area contributed by atoms with E-state index in [9.17, 15) is 9.59 Å². The fourth-order valence-corrected chi connectivity index (χ4v) is 2.27. The molecule has 1 amide bonds. The smallest absolute Gasteiger partial charge is 0.315 e. The molecule has 1 N–H and O–H groups in total. The monoisotopic (exact) mass is 341 g/mol. The minimum Gasteiger partial charge on any atom is -0.492 e. The van der Waals surface area contributed by atoms with Crippen molar-refractivity contribution in [3.63, 3.8) is 0 Å². The van der Waals surface area contributed by atoms with Crippen LogP contribution < -0.4 is 10.1 Å². The van der Waals surface area contributed by atoms with Crippen molar-refractivity contribution in [3.8, 4) is 5.75 Å². The molecule has 0 fully saturated rings. The highest BCUT2D eigenvalue weighted by Crippen LogP contribution is 2.23. The summed E-state index contributed by atoms with van der Waals surface area (Å²) < 4.78 is 15.5. The molecule has 128 valence electrons. The van der Waals surface area contributed by atoms with Gasteiger partial charge in [0.25, 0.3) is 0 Å². The number of nitrogens with one attached hydrogen (secondary N) is 1. The number of ether oxygens (including phenoxy) is 3. The van der Waals surface area contributed by atoms with Crippen molar-refractivity contribution < 1.29 is 23.8 Å². The lowest BCUT2D eigenvalue weighted by Gasteiger charge is -2.11. The zero-order chi connectivity index (χ0) is 16.9. The van der Waals surface area contributed by atoms with Crippen LogP contribution in [0.3, 0.4) is 0 Å². The summed E-state index contributed by atoms with van der Waals surface area (Å²) in [4.78, 5) is 23.3. The van der Waals surface area contributed by atoms with Crippen molar-refractivity contribution in [3.05, 3.63) is 24.3 Å². The van der Waals surface area contributed by atoms with Gasteiger partial charge in [-0.15, -0.1) is 11.8 Å². The number of rotatable bonds is 11. The summed E-state index contributed by atoms with van der Waals surface area (Å²) in [6.45, 7) is 5.50. The number of amides is 1. The van der Waals surface area contributed by atoms with Crippen LogP contribution in [0, 0.1) is 0 Å². The third-order valence-electron chi connectivity index (χ3n) is 2.61. The summed E-state index contributed by atoms with van der Waals surface area (Å²) in [7, 11) is 0. The Labute approximate surface area is 140 Å². The number of thioether (sulfide) groups is 1. The largest absolute Gasteiger partial charge is 0.492 e. The molecule has 0 bridgehead atoms. The van der Waals surface area contributed by atoms with Crippen molar-refractivity contribution in [2.24, 2.45) is 0 Å². The molecule has 0 radical (unpaired) electrons. The maximum absolute atomic E-state index is 11.9. The van der Waals surface area contributed by atoms with Crippen molar-refractivity contribution >= 4 is 29.3 Å². The van der Waals surface area contributed by atoms with Crippen LogP contribution in [0.25, 0.3) is 0 Å². The molecule has 0 unspecified atom stereocenters. The van der Waals surface area contributed by atoms with E-state index in [1.165, 1.54) is 11.8 Å². The maximum Gasteiger partial charge on any atom is 0.315 e. The van der Waals surface area contributed by atoms with Gasteiger partial charge < -0.3 is 19.5 Å². The van der Waals surface area contributed by atoms with E-state index in [-0.39, 0.29) is 30.0 Å². The van der Waals surface area contributed by atoms with Gasteiger partial charge in [0.1, 0.15) is 12.4 Å². The number of benzene rings is 1. The zero-order valence-electron chi connectivity index (χ0n) is 13.5. The van der Waals surface area contributed by atoms with Gasteiger partial charge in [-0.25, -0.2) is 0 Å². The number of anilines is 1. The zero-order valence-corrected chi connectivity index (χ0v) is 14.3. The Bertz CT molecular complexity index is 495. The molecule has 0 saturated carbocycles. The average molecular weight is 341 g/mol. The van der Waals surface area contributed by atoms with Crippen molar-refractivity contribution in [1.82, 2.24) is 0 Å². The Morgan fingerprint density at radius 1 is 1.09 bits per heavy atom. The number of hydrogen-bond acceptors (Lipinski definition) is 6. The molecule has 0 atom stereocenters. The number of hydrogen-bond donors (Lipinski definition) is 1. The van der Waals surface area contributed by atoms with E-state index in [4.69, 9.17) is 14.2 Å². The third-order valence-corrected chi connectivity index (χ3v) is 3.52. The van der Waals surface area contributed by atoms with E-state index >= 15 is 0 Å². The standard InChI is InChI=1S/C16H23NO5S/c1-3-20-9-10-22-16(19)12-23-11-15(18)17-13-7-5-6-8-14(13)21-4-2/h5-8H,3-4,9-12H2,1-2H3,(H,17,18). The second-order valence-corrected chi connectivity index (χ2v) is 5.37. The number of carbonyl (C=O) groups excluding carboxylic acids is 2. The third kappa shape index (κ3) is 8.47. The lowest BCUT2D eigenvalue weighted by molar-refractivity contribution is -0.141. The SMILES string of the molecule is CCOCCOC(=O)CSCC(=O)Nc1ccccc1OCC. The summed E-state index contributed by atoms with van der Waals surface area (Å²) in [5.41, 5.74) is 0.624. The van der Waals surface area contributed by atoms with Crippen molar-refractivity contribution in [1.29, 1.82) is 0 Å². The lowest BCUT2D eigenvalue weighted by atomic mass is 10.3. The topological polar surface area (TPSA) is 73.9 Å². The highest BCUT2D eigenvalue weighted by molar-refractivity contribution is 8.00. The summed E-state index contributed by atoms with van der Waals surface area (Å²) in [6, 6.07) is 7.23. The first-order valence-electron chi connectivity index (χ1n) is 7.50. The summed E-state index contributed by atoms with van der Waals surface area (Å²) in [5, 5.41) is 2.77. The van der Waals surface area contributed by atoms with E-state index < -0.39 is 0 Å². The molecule has 1 aromatic carbocycles. The maximum atomic E-state index is 11.9. The highest BCUT2D eigenvalue weighted by Gasteiger charge is 2.09. The number of carbonyl (C=O) groups is 2. The van der Waals surface area contributed by atoms with Crippen LogP contribution in [0.4, 0.5) is 5.69 Å². The van der Waals surface area contributed by atoms with Gasteiger partial charge in [0.05, 0.1) is 30.4 Å². The van der Waals surface area contributed by atoms with Crippen LogP contribution >= 0.6 is 11.8 Å². The van der Waals surface area contributed by atoms with Crippen LogP contribution in [0.15, 0.2) is 24.3 Å². The first kappa shape index (κ1) is 19.3. The van der Waals surface area contributed by atoms with E-state index in [1.807, 2.05) is 26.0 Å². The van der Waals surface area contributed by atoms with Crippen LogP contribution in [0.5, 0.6) is 5.75 Å². The molecule has 1 rings (SSSR count). The van der Waals surface area contributed by atoms with E-state index in [1.54, 1.807) is 12.1 Å². The van der Waals surface area contributed by atoms with Gasteiger partial charge in [-0.3, -0.25) is 9.59 Å². The quantitative estimate of drug-likeness (QED) is 0.492. The molecule has 0 aliphatic heterocycles. The summed E-state index contributed by atoms with van der Waals surface area (Å²) in [5.74, 6) is 0.387. The van der Waals surface area contributed by atoms with Crippen molar-refractivity contribution in [2.75, 3.05) is 43.3 Å². The van der Waals surface area contributed by atoms with Gasteiger partial charge in [0.2, 0.25) is 5.91 Å². The Morgan fingerprint density at radius 3 is 2.61 bits per heavy atom. The van der Waals surface area contributed by atoms with Crippen molar-refractivity contribution in [2.45, 2.75) is 13.8 Å². The Hall–Kier alpha value is -1.73. The molecule has 0 saturated heterocycles. The van der Waals surface area contributed by atoms with E-state index in [0.717, 1.165) is 0 Å². The summed E-state index contributed by atoms with van der Waals surface area (Å²) >= 11 is 1.20. The first-order valence-corrected chi connectivity index (χ1v) is 8.65. The van der Waals surface area contributed by atoms with Gasteiger partial charge >= 0.3 is 5.97 Å². The van der Waals surface area contributed by atoms with Crippen LogP contribution in [0.2, 0.25) is 0 Å². The molecule has 0 aromatic heterocycles. The molecular weight excluding hydrogens is 318 g/mol. The predicted octanol–water partition coefficient (Wildman–Crippen LogP) is 2.34. The first-order chi connectivity index (χ1) is 11.2. The molecule has 0 aliphatic carbocycles. The Kier molecular flexibility index (Phi) is 9.90. The Morgan fingerprint density at radius 2 is 1.87 bits per heavy atom. The van der Waals surface area contributed by atoms with E-state index in [2.05, 4.69) is 5.32 Å². The summed E-state index contributed by atoms with van der Waals surface area (Å²) in [6.07, 6.45) is 0. The predicted molar refractivity (Wildman–Crippen MR) is 91.0 cm³/mol. The molecule has 7 heteroatoms. The van der Waals surface area contributed by atoms with Crippen LogP contribution in [-0.2, 0) is 19.1 Å². The fraction of sp³-hybridized carbons (Fsp3) is 0.500. The lowest BCUT2D eigenvalue weighted by Crippen LogP contribution is -2.17. The van der Waals surface area contributed by atoms with Gasteiger partial charge in [-0.1, -0.05) is 12.1 Å². The molecular formula is C16H23NO5S. The molecule has 1 aromatic rings. The molecule has 0 heterocycles. The normalized spacial score (nSPS) is 10.2. The average Bonchev–Trinajstić information content (AvgIpc) is 2.54.